The molecule has 1 atom stereocenters. The third-order valence-corrected chi connectivity index (χ3v) is 6.16. The lowest BCUT2D eigenvalue weighted by Crippen LogP contribution is -2.42. The molecule has 1 aliphatic heterocycles. The molecule has 1 saturated heterocycles. The van der Waals surface area contributed by atoms with Crippen LogP contribution in [0.5, 0.6) is 0 Å². The molecule has 8 nitrogen and oxygen atoms in total. The molecule has 0 aromatic carbocycles. The molecule has 2 aromatic heterocycles. The van der Waals surface area contributed by atoms with Gasteiger partial charge in [0.25, 0.3) is 5.78 Å². The number of amides is 1. The second-order valence-electron chi connectivity index (χ2n) is 6.60. The minimum atomic E-state index is -3.04. The molecule has 0 bridgehead atoms. The maximum Gasteiger partial charge on any atom is 0.252 e. The van der Waals surface area contributed by atoms with Crippen molar-refractivity contribution in [2.24, 2.45) is 0 Å². The third kappa shape index (κ3) is 3.81. The summed E-state index contributed by atoms with van der Waals surface area (Å²) in [6, 6.07) is 1.66. The van der Waals surface area contributed by atoms with Crippen LogP contribution in [0.3, 0.4) is 0 Å². The Morgan fingerprint density at radius 1 is 1.36 bits per heavy atom. The molecule has 3 heterocycles. The topological polar surface area (TPSA) is 97.5 Å². The van der Waals surface area contributed by atoms with E-state index in [2.05, 4.69) is 15.1 Å². The fourth-order valence-corrected chi connectivity index (χ4v) is 5.02. The summed E-state index contributed by atoms with van der Waals surface area (Å²) in [7, 11) is -3.04. The minimum absolute atomic E-state index is 0.0528. The van der Waals surface area contributed by atoms with Crippen LogP contribution in [0, 0.1) is 13.8 Å². The molecule has 0 N–H and O–H groups in total. The quantitative estimate of drug-likeness (QED) is 0.774. The van der Waals surface area contributed by atoms with Crippen molar-refractivity contribution in [1.82, 2.24) is 24.5 Å². The Labute approximate surface area is 147 Å². The molecule has 2 aromatic rings. The molecule has 1 amide bonds. The Bertz CT molecular complexity index is 906. The lowest BCUT2D eigenvalue weighted by molar-refractivity contribution is -0.132. The summed E-state index contributed by atoms with van der Waals surface area (Å²) in [6.07, 6.45) is 1.34. The highest BCUT2D eigenvalue weighted by molar-refractivity contribution is 7.91. The van der Waals surface area contributed by atoms with Gasteiger partial charge in [0.1, 0.15) is 0 Å². The van der Waals surface area contributed by atoms with Crippen LogP contribution in [0.25, 0.3) is 5.78 Å². The SMILES string of the molecule is CCCN(C(=O)Cc1nc2nc(C)cc(C)n2n1)C1CCS(=O)(=O)C1. The largest absolute Gasteiger partial charge is 0.338 e. The Morgan fingerprint density at radius 3 is 2.76 bits per heavy atom. The van der Waals surface area contributed by atoms with Gasteiger partial charge < -0.3 is 4.90 Å². The standard InChI is InChI=1S/C16H23N5O3S/c1-4-6-20(13-5-7-25(23,24)10-13)15(22)9-14-18-16-17-11(2)8-12(3)21(16)19-14/h8,13H,4-7,9-10H2,1-3H3. The van der Waals surface area contributed by atoms with Gasteiger partial charge in [-0.05, 0) is 32.8 Å². The molecule has 0 aliphatic carbocycles. The van der Waals surface area contributed by atoms with Gasteiger partial charge in [-0.2, -0.15) is 4.98 Å². The third-order valence-electron chi connectivity index (χ3n) is 4.41. The summed E-state index contributed by atoms with van der Waals surface area (Å²) in [5, 5.41) is 4.37. The van der Waals surface area contributed by atoms with Crippen LogP contribution in [-0.4, -0.2) is 62.9 Å². The van der Waals surface area contributed by atoms with E-state index < -0.39 is 9.84 Å². The highest BCUT2D eigenvalue weighted by atomic mass is 32.2. The van der Waals surface area contributed by atoms with Gasteiger partial charge in [0.15, 0.2) is 15.7 Å². The zero-order valence-electron chi connectivity index (χ0n) is 14.8. The number of carbonyl (C=O) groups is 1. The zero-order valence-corrected chi connectivity index (χ0v) is 15.6. The average molecular weight is 365 g/mol. The second kappa shape index (κ2) is 6.70. The number of aromatic nitrogens is 4. The fraction of sp³-hybridized carbons (Fsp3) is 0.625. The van der Waals surface area contributed by atoms with E-state index in [1.54, 1.807) is 9.42 Å². The van der Waals surface area contributed by atoms with Crippen molar-refractivity contribution in [3.8, 4) is 0 Å². The van der Waals surface area contributed by atoms with Crippen molar-refractivity contribution in [2.45, 2.75) is 46.1 Å². The molecule has 1 unspecified atom stereocenters. The van der Waals surface area contributed by atoms with Gasteiger partial charge in [0.05, 0.1) is 17.9 Å². The van der Waals surface area contributed by atoms with Gasteiger partial charge in [-0.15, -0.1) is 5.10 Å². The number of rotatable bonds is 5. The molecule has 0 spiro atoms. The number of hydrogen-bond acceptors (Lipinski definition) is 6. The van der Waals surface area contributed by atoms with Crippen molar-refractivity contribution in [2.75, 3.05) is 18.1 Å². The van der Waals surface area contributed by atoms with Crippen molar-refractivity contribution < 1.29 is 13.2 Å². The van der Waals surface area contributed by atoms with E-state index in [-0.39, 0.29) is 29.9 Å². The minimum Gasteiger partial charge on any atom is -0.338 e. The first-order valence-corrected chi connectivity index (χ1v) is 10.3. The van der Waals surface area contributed by atoms with Gasteiger partial charge in [0.2, 0.25) is 5.91 Å². The van der Waals surface area contributed by atoms with E-state index in [1.165, 1.54) is 0 Å². The molecule has 0 radical (unpaired) electrons. The molecule has 0 saturated carbocycles. The molecule has 3 rings (SSSR count). The van der Waals surface area contributed by atoms with Crippen molar-refractivity contribution in [3.05, 3.63) is 23.3 Å². The molecule has 1 aliphatic rings. The van der Waals surface area contributed by atoms with Crippen molar-refractivity contribution >= 4 is 21.5 Å². The van der Waals surface area contributed by atoms with Crippen LogP contribution in [-0.2, 0) is 21.1 Å². The Kier molecular flexibility index (Phi) is 4.77. The van der Waals surface area contributed by atoms with E-state index in [0.717, 1.165) is 17.8 Å². The Hall–Kier alpha value is -2.03. The van der Waals surface area contributed by atoms with Crippen LogP contribution in [0.2, 0.25) is 0 Å². The summed E-state index contributed by atoms with van der Waals surface area (Å²) in [5.74, 6) is 0.963. The Morgan fingerprint density at radius 2 is 2.12 bits per heavy atom. The number of fused-ring (bicyclic) bond motifs is 1. The summed E-state index contributed by atoms with van der Waals surface area (Å²) in [5.41, 5.74) is 1.75. The zero-order chi connectivity index (χ0) is 18.2. The first-order chi connectivity index (χ1) is 11.8. The number of nitrogens with zero attached hydrogens (tertiary/aromatic N) is 5. The Balaban J connectivity index is 1.80. The molecular formula is C16H23N5O3S. The maximum atomic E-state index is 12.8. The summed E-state index contributed by atoms with van der Waals surface area (Å²) < 4.78 is 25.1. The maximum absolute atomic E-state index is 12.8. The predicted octanol–water partition coefficient (Wildman–Crippen LogP) is 0.709. The monoisotopic (exact) mass is 365 g/mol. The predicted molar refractivity (Wildman–Crippen MR) is 93.0 cm³/mol. The number of aryl methyl sites for hydroxylation is 2. The fourth-order valence-electron chi connectivity index (χ4n) is 3.29. The second-order valence-corrected chi connectivity index (χ2v) is 8.83. The molecule has 136 valence electrons. The van der Waals surface area contributed by atoms with E-state index in [0.29, 0.717) is 24.6 Å². The van der Waals surface area contributed by atoms with E-state index in [9.17, 15) is 13.2 Å². The average Bonchev–Trinajstić information content (AvgIpc) is 3.07. The van der Waals surface area contributed by atoms with Crippen LogP contribution < -0.4 is 0 Å². The lowest BCUT2D eigenvalue weighted by Gasteiger charge is -2.27. The molecule has 25 heavy (non-hydrogen) atoms. The summed E-state index contributed by atoms with van der Waals surface area (Å²) in [6.45, 7) is 6.32. The first-order valence-electron chi connectivity index (χ1n) is 8.49. The van der Waals surface area contributed by atoms with Crippen LogP contribution >= 0.6 is 0 Å². The number of hydrogen-bond donors (Lipinski definition) is 0. The molecular weight excluding hydrogens is 342 g/mol. The van der Waals surface area contributed by atoms with Crippen LogP contribution in [0.15, 0.2) is 6.07 Å². The van der Waals surface area contributed by atoms with Gasteiger partial charge in [-0.3, -0.25) is 4.79 Å². The van der Waals surface area contributed by atoms with E-state index >= 15 is 0 Å². The van der Waals surface area contributed by atoms with Gasteiger partial charge in [-0.25, -0.2) is 17.9 Å². The van der Waals surface area contributed by atoms with E-state index in [4.69, 9.17) is 0 Å². The van der Waals surface area contributed by atoms with Crippen molar-refractivity contribution in [1.29, 1.82) is 0 Å². The van der Waals surface area contributed by atoms with Gasteiger partial charge in [0, 0.05) is 24.0 Å². The van der Waals surface area contributed by atoms with Gasteiger partial charge >= 0.3 is 0 Å². The molecule has 9 heteroatoms. The normalized spacial score (nSPS) is 19.4. The van der Waals surface area contributed by atoms with Gasteiger partial charge in [-0.1, -0.05) is 6.92 Å². The van der Waals surface area contributed by atoms with E-state index in [1.807, 2.05) is 26.8 Å². The van der Waals surface area contributed by atoms with Crippen molar-refractivity contribution in [3.63, 3.8) is 0 Å². The first kappa shape index (κ1) is 17.8. The summed E-state index contributed by atoms with van der Waals surface area (Å²) in [4.78, 5) is 23.1. The van der Waals surface area contributed by atoms with Crippen LogP contribution in [0.4, 0.5) is 0 Å². The number of sulfone groups is 1. The molecule has 1 fully saturated rings. The summed E-state index contributed by atoms with van der Waals surface area (Å²) >= 11 is 0. The van der Waals surface area contributed by atoms with Crippen LogP contribution in [0.1, 0.15) is 37.0 Å². The smallest absolute Gasteiger partial charge is 0.252 e. The highest BCUT2D eigenvalue weighted by Crippen LogP contribution is 2.19. The highest BCUT2D eigenvalue weighted by Gasteiger charge is 2.34. The lowest BCUT2D eigenvalue weighted by atomic mass is 10.2. The number of carbonyl (C=O) groups excluding carboxylic acids is 1.